The molecule has 0 aliphatic carbocycles. The van der Waals surface area contributed by atoms with Gasteiger partial charge < -0.3 is 15.7 Å². The van der Waals surface area contributed by atoms with Gasteiger partial charge in [0.25, 0.3) is 0 Å². The van der Waals surface area contributed by atoms with Crippen LogP contribution in [-0.2, 0) is 11.2 Å². The monoisotopic (exact) mass is 265 g/mol. The number of aromatic nitrogens is 2. The summed E-state index contributed by atoms with van der Waals surface area (Å²) < 4.78 is 0. The molecule has 2 rings (SSSR count). The molecule has 1 saturated heterocycles. The molecule has 7 nitrogen and oxygen atoms in total. The number of piperazine rings is 1. The van der Waals surface area contributed by atoms with Gasteiger partial charge in [0.1, 0.15) is 0 Å². The molecule has 19 heavy (non-hydrogen) atoms. The molecule has 1 aromatic heterocycles. The first-order valence-electron chi connectivity index (χ1n) is 6.41. The molecule has 0 amide bonds. The van der Waals surface area contributed by atoms with E-state index in [9.17, 15) is 4.79 Å². The van der Waals surface area contributed by atoms with Crippen molar-refractivity contribution in [2.45, 2.75) is 13.3 Å². The Balaban J connectivity index is 2.03. The van der Waals surface area contributed by atoms with Crippen molar-refractivity contribution in [3.05, 3.63) is 11.8 Å². The van der Waals surface area contributed by atoms with E-state index in [2.05, 4.69) is 15.1 Å². The van der Waals surface area contributed by atoms with E-state index in [1.165, 1.54) is 0 Å². The van der Waals surface area contributed by atoms with Crippen molar-refractivity contribution < 1.29 is 9.90 Å². The maximum Gasteiger partial charge on any atom is 0.317 e. The fourth-order valence-corrected chi connectivity index (χ4v) is 2.19. The van der Waals surface area contributed by atoms with Crippen LogP contribution in [0.3, 0.4) is 0 Å². The number of hydrogen-bond donors (Lipinski definition) is 2. The zero-order chi connectivity index (χ0) is 13.8. The molecule has 1 aliphatic heterocycles. The molecule has 1 aliphatic rings. The third-order valence-electron chi connectivity index (χ3n) is 3.29. The van der Waals surface area contributed by atoms with Gasteiger partial charge in [0, 0.05) is 26.2 Å². The second kappa shape index (κ2) is 5.83. The van der Waals surface area contributed by atoms with Crippen molar-refractivity contribution >= 4 is 17.5 Å². The van der Waals surface area contributed by atoms with Crippen molar-refractivity contribution in [3.63, 3.8) is 0 Å². The Kier molecular flexibility index (Phi) is 4.16. The number of nitrogen functional groups attached to an aromatic ring is 1. The summed E-state index contributed by atoms with van der Waals surface area (Å²) in [6.45, 7) is 5.07. The van der Waals surface area contributed by atoms with Gasteiger partial charge in [0.05, 0.1) is 17.9 Å². The van der Waals surface area contributed by atoms with Gasteiger partial charge in [-0.2, -0.15) is 5.10 Å². The molecule has 104 valence electrons. The van der Waals surface area contributed by atoms with Crippen LogP contribution in [-0.4, -0.2) is 58.9 Å². The summed E-state index contributed by atoms with van der Waals surface area (Å²) >= 11 is 0. The zero-order valence-electron chi connectivity index (χ0n) is 11.0. The maximum absolute atomic E-state index is 10.7. The second-order valence-electron chi connectivity index (χ2n) is 4.62. The third-order valence-corrected chi connectivity index (χ3v) is 3.29. The van der Waals surface area contributed by atoms with Gasteiger partial charge in [-0.15, -0.1) is 5.10 Å². The molecule has 7 heteroatoms. The van der Waals surface area contributed by atoms with Crippen LogP contribution in [0, 0.1) is 0 Å². The van der Waals surface area contributed by atoms with Gasteiger partial charge in [0.2, 0.25) is 0 Å². The molecule has 2 heterocycles. The smallest absolute Gasteiger partial charge is 0.317 e. The summed E-state index contributed by atoms with van der Waals surface area (Å²) in [7, 11) is 0. The van der Waals surface area contributed by atoms with Crippen LogP contribution in [0.15, 0.2) is 6.07 Å². The number of aliphatic carboxylic acids is 1. The Morgan fingerprint density at radius 2 is 2.05 bits per heavy atom. The number of rotatable bonds is 4. The standard InChI is InChI=1S/C12H19N5O2/c1-2-9-7-10(12(13)15-14-9)17-5-3-16(4-6-17)8-11(18)19/h7H,2-6,8H2,1H3,(H2,13,15)(H,18,19). The minimum absolute atomic E-state index is 0.0954. The van der Waals surface area contributed by atoms with Crippen LogP contribution in [0.4, 0.5) is 11.5 Å². The molecule has 0 atom stereocenters. The lowest BCUT2D eigenvalue weighted by Crippen LogP contribution is -2.48. The highest BCUT2D eigenvalue weighted by Gasteiger charge is 2.21. The van der Waals surface area contributed by atoms with Crippen LogP contribution in [0.2, 0.25) is 0 Å². The quantitative estimate of drug-likeness (QED) is 0.780. The molecule has 0 saturated carbocycles. The Bertz CT molecular complexity index is 457. The van der Waals surface area contributed by atoms with E-state index in [0.717, 1.165) is 44.0 Å². The summed E-state index contributed by atoms with van der Waals surface area (Å²) in [6.07, 6.45) is 0.819. The van der Waals surface area contributed by atoms with Gasteiger partial charge in [-0.1, -0.05) is 6.92 Å². The molecule has 3 N–H and O–H groups in total. The highest BCUT2D eigenvalue weighted by molar-refractivity contribution is 5.69. The Morgan fingerprint density at radius 1 is 1.37 bits per heavy atom. The van der Waals surface area contributed by atoms with E-state index in [1.807, 2.05) is 17.9 Å². The van der Waals surface area contributed by atoms with Gasteiger partial charge in [0.15, 0.2) is 5.82 Å². The first-order valence-corrected chi connectivity index (χ1v) is 6.41. The Hall–Kier alpha value is -1.89. The van der Waals surface area contributed by atoms with Crippen molar-refractivity contribution in [2.75, 3.05) is 43.4 Å². The van der Waals surface area contributed by atoms with E-state index in [4.69, 9.17) is 10.8 Å². The van der Waals surface area contributed by atoms with Crippen molar-refractivity contribution in [3.8, 4) is 0 Å². The molecule has 0 bridgehead atoms. The van der Waals surface area contributed by atoms with E-state index in [-0.39, 0.29) is 6.54 Å². The lowest BCUT2D eigenvalue weighted by atomic mass is 10.2. The predicted molar refractivity (Wildman–Crippen MR) is 72.1 cm³/mol. The fourth-order valence-electron chi connectivity index (χ4n) is 2.19. The summed E-state index contributed by atoms with van der Waals surface area (Å²) in [5.74, 6) is -0.351. The predicted octanol–water partition coefficient (Wildman–Crippen LogP) is -0.172. The first kappa shape index (κ1) is 13.5. The van der Waals surface area contributed by atoms with Gasteiger partial charge in [-0.3, -0.25) is 9.69 Å². The average molecular weight is 265 g/mol. The molecular formula is C12H19N5O2. The second-order valence-corrected chi connectivity index (χ2v) is 4.62. The van der Waals surface area contributed by atoms with Gasteiger partial charge in [-0.25, -0.2) is 0 Å². The number of carboxylic acids is 1. The molecule has 1 fully saturated rings. The fraction of sp³-hybridized carbons (Fsp3) is 0.583. The Morgan fingerprint density at radius 3 is 2.63 bits per heavy atom. The topological polar surface area (TPSA) is 95.6 Å². The largest absolute Gasteiger partial charge is 0.480 e. The van der Waals surface area contributed by atoms with Crippen molar-refractivity contribution in [1.82, 2.24) is 15.1 Å². The number of anilines is 2. The van der Waals surface area contributed by atoms with Gasteiger partial charge >= 0.3 is 5.97 Å². The summed E-state index contributed by atoms with van der Waals surface area (Å²) in [4.78, 5) is 14.7. The minimum atomic E-state index is -0.785. The Labute approximate surface area is 112 Å². The van der Waals surface area contributed by atoms with E-state index < -0.39 is 5.97 Å². The molecule has 0 unspecified atom stereocenters. The van der Waals surface area contributed by atoms with E-state index in [0.29, 0.717) is 5.82 Å². The summed E-state index contributed by atoms with van der Waals surface area (Å²) in [6, 6.07) is 1.97. The lowest BCUT2D eigenvalue weighted by molar-refractivity contribution is -0.138. The number of aryl methyl sites for hydroxylation is 1. The molecular weight excluding hydrogens is 246 g/mol. The van der Waals surface area contributed by atoms with E-state index in [1.54, 1.807) is 0 Å². The molecule has 0 radical (unpaired) electrons. The third kappa shape index (κ3) is 3.31. The molecule has 0 aromatic carbocycles. The molecule has 0 spiro atoms. The lowest BCUT2D eigenvalue weighted by Gasteiger charge is -2.35. The minimum Gasteiger partial charge on any atom is -0.480 e. The van der Waals surface area contributed by atoms with Crippen molar-refractivity contribution in [1.29, 1.82) is 0 Å². The van der Waals surface area contributed by atoms with Crippen LogP contribution in [0.5, 0.6) is 0 Å². The van der Waals surface area contributed by atoms with Crippen LogP contribution in [0.1, 0.15) is 12.6 Å². The molecule has 1 aromatic rings. The highest BCUT2D eigenvalue weighted by atomic mass is 16.4. The van der Waals surface area contributed by atoms with Crippen LogP contribution >= 0.6 is 0 Å². The first-order chi connectivity index (χ1) is 9.10. The SMILES string of the molecule is CCc1cc(N2CCN(CC(=O)O)CC2)c(N)nn1. The number of hydrogen-bond acceptors (Lipinski definition) is 6. The van der Waals surface area contributed by atoms with E-state index >= 15 is 0 Å². The number of carboxylic acid groups (broad SMARTS) is 1. The maximum atomic E-state index is 10.7. The number of carbonyl (C=O) groups is 1. The zero-order valence-corrected chi connectivity index (χ0v) is 11.0. The average Bonchev–Trinajstić information content (AvgIpc) is 2.40. The number of nitrogens with two attached hydrogens (primary N) is 1. The van der Waals surface area contributed by atoms with Crippen molar-refractivity contribution in [2.24, 2.45) is 0 Å². The normalized spacial score (nSPS) is 16.6. The van der Waals surface area contributed by atoms with Crippen LogP contribution in [0.25, 0.3) is 0 Å². The van der Waals surface area contributed by atoms with Crippen LogP contribution < -0.4 is 10.6 Å². The summed E-state index contributed by atoms with van der Waals surface area (Å²) in [5, 5.41) is 16.8. The summed E-state index contributed by atoms with van der Waals surface area (Å²) in [5.41, 5.74) is 7.69. The number of nitrogens with zero attached hydrogens (tertiary/aromatic N) is 4. The highest BCUT2D eigenvalue weighted by Crippen LogP contribution is 2.22. The van der Waals surface area contributed by atoms with Gasteiger partial charge in [-0.05, 0) is 12.5 Å².